The van der Waals surface area contributed by atoms with E-state index in [9.17, 15) is 4.79 Å². The Hall–Kier alpha value is -0.610. The zero-order valence-corrected chi connectivity index (χ0v) is 9.08. The summed E-state index contributed by atoms with van der Waals surface area (Å²) in [7, 11) is 0. The Morgan fingerprint density at radius 3 is 2.71 bits per heavy atom. The fourth-order valence-electron chi connectivity index (χ4n) is 1.51. The van der Waals surface area contributed by atoms with Crippen LogP contribution in [-0.2, 0) is 9.53 Å². The Bertz CT molecular complexity index is 179. The van der Waals surface area contributed by atoms with Crippen LogP contribution in [0.2, 0.25) is 0 Å². The molecule has 1 fully saturated rings. The number of hydrogen-bond donors (Lipinski definition) is 1. The molecule has 1 amide bonds. The monoisotopic (exact) mass is 200 g/mol. The van der Waals surface area contributed by atoms with Crippen molar-refractivity contribution in [2.75, 3.05) is 32.8 Å². The number of rotatable bonds is 4. The SMILES string of the molecule is CCCOC(C)C(=O)N1CCNCC1. The number of ether oxygens (including phenoxy) is 1. The molecule has 0 aromatic heterocycles. The van der Waals surface area contributed by atoms with E-state index in [4.69, 9.17) is 4.74 Å². The molecule has 1 N–H and O–H groups in total. The van der Waals surface area contributed by atoms with Gasteiger partial charge in [-0.3, -0.25) is 4.79 Å². The molecular weight excluding hydrogens is 180 g/mol. The number of carbonyl (C=O) groups excluding carboxylic acids is 1. The molecule has 1 rings (SSSR count). The molecule has 0 radical (unpaired) electrons. The highest BCUT2D eigenvalue weighted by atomic mass is 16.5. The maximum absolute atomic E-state index is 11.8. The third-order valence-electron chi connectivity index (χ3n) is 2.35. The van der Waals surface area contributed by atoms with Gasteiger partial charge in [0.25, 0.3) is 5.91 Å². The number of carbonyl (C=O) groups is 1. The normalized spacial score (nSPS) is 19.4. The van der Waals surface area contributed by atoms with Crippen LogP contribution in [0.1, 0.15) is 20.3 Å². The summed E-state index contributed by atoms with van der Waals surface area (Å²) in [6.07, 6.45) is 0.673. The van der Waals surface area contributed by atoms with E-state index in [2.05, 4.69) is 5.32 Å². The lowest BCUT2D eigenvalue weighted by Gasteiger charge is -2.29. The molecule has 0 aromatic rings. The van der Waals surface area contributed by atoms with Crippen molar-refractivity contribution >= 4 is 5.91 Å². The average Bonchev–Trinajstić information content (AvgIpc) is 2.26. The maximum Gasteiger partial charge on any atom is 0.251 e. The van der Waals surface area contributed by atoms with Gasteiger partial charge < -0.3 is 15.0 Å². The number of hydrogen-bond acceptors (Lipinski definition) is 3. The van der Waals surface area contributed by atoms with Crippen LogP contribution in [0.5, 0.6) is 0 Å². The number of nitrogens with one attached hydrogen (secondary N) is 1. The Labute approximate surface area is 85.6 Å². The third kappa shape index (κ3) is 3.27. The topological polar surface area (TPSA) is 41.6 Å². The molecule has 1 unspecified atom stereocenters. The van der Waals surface area contributed by atoms with Gasteiger partial charge in [0.05, 0.1) is 0 Å². The molecule has 1 saturated heterocycles. The van der Waals surface area contributed by atoms with Crippen LogP contribution in [0.15, 0.2) is 0 Å². The summed E-state index contributed by atoms with van der Waals surface area (Å²) in [5, 5.41) is 3.22. The Morgan fingerprint density at radius 1 is 1.50 bits per heavy atom. The standard InChI is InChI=1S/C10H20N2O2/c1-3-8-14-9(2)10(13)12-6-4-11-5-7-12/h9,11H,3-8H2,1-2H3. The van der Waals surface area contributed by atoms with Crippen LogP contribution in [0.4, 0.5) is 0 Å². The number of amides is 1. The Balaban J connectivity index is 2.30. The van der Waals surface area contributed by atoms with Gasteiger partial charge in [0.1, 0.15) is 6.10 Å². The van der Waals surface area contributed by atoms with Crippen molar-refractivity contribution < 1.29 is 9.53 Å². The minimum Gasteiger partial charge on any atom is -0.369 e. The molecule has 4 nitrogen and oxygen atoms in total. The van der Waals surface area contributed by atoms with Gasteiger partial charge in [-0.05, 0) is 13.3 Å². The minimum atomic E-state index is -0.284. The first kappa shape index (κ1) is 11.5. The highest BCUT2D eigenvalue weighted by Gasteiger charge is 2.21. The zero-order valence-electron chi connectivity index (χ0n) is 9.08. The zero-order chi connectivity index (χ0) is 10.4. The quantitative estimate of drug-likeness (QED) is 0.706. The van der Waals surface area contributed by atoms with Gasteiger partial charge in [-0.2, -0.15) is 0 Å². The smallest absolute Gasteiger partial charge is 0.251 e. The van der Waals surface area contributed by atoms with Gasteiger partial charge in [-0.15, -0.1) is 0 Å². The summed E-state index contributed by atoms with van der Waals surface area (Å²) in [5.41, 5.74) is 0. The second-order valence-electron chi connectivity index (χ2n) is 3.59. The molecule has 1 heterocycles. The highest BCUT2D eigenvalue weighted by Crippen LogP contribution is 2.01. The lowest BCUT2D eigenvalue weighted by Crippen LogP contribution is -2.49. The second kappa shape index (κ2) is 5.98. The Kier molecular flexibility index (Phi) is 4.90. The minimum absolute atomic E-state index is 0.125. The highest BCUT2D eigenvalue weighted by molar-refractivity contribution is 5.80. The molecule has 0 aliphatic carbocycles. The van der Waals surface area contributed by atoms with Crippen molar-refractivity contribution in [2.24, 2.45) is 0 Å². The molecular formula is C10H20N2O2. The van der Waals surface area contributed by atoms with Crippen LogP contribution in [-0.4, -0.2) is 49.7 Å². The number of piperazine rings is 1. The van der Waals surface area contributed by atoms with E-state index in [-0.39, 0.29) is 12.0 Å². The lowest BCUT2D eigenvalue weighted by atomic mass is 10.3. The van der Waals surface area contributed by atoms with Crippen molar-refractivity contribution in [1.82, 2.24) is 10.2 Å². The van der Waals surface area contributed by atoms with Crippen LogP contribution in [0.25, 0.3) is 0 Å². The van der Waals surface area contributed by atoms with E-state index < -0.39 is 0 Å². The molecule has 1 aliphatic rings. The first-order valence-electron chi connectivity index (χ1n) is 5.36. The van der Waals surface area contributed by atoms with Gasteiger partial charge >= 0.3 is 0 Å². The van der Waals surface area contributed by atoms with Crippen molar-refractivity contribution in [2.45, 2.75) is 26.4 Å². The van der Waals surface area contributed by atoms with Gasteiger partial charge in [-0.1, -0.05) is 6.92 Å². The van der Waals surface area contributed by atoms with E-state index in [1.165, 1.54) is 0 Å². The van der Waals surface area contributed by atoms with Crippen molar-refractivity contribution in [3.05, 3.63) is 0 Å². The molecule has 1 atom stereocenters. The Morgan fingerprint density at radius 2 is 2.14 bits per heavy atom. The van der Waals surface area contributed by atoms with E-state index in [1.54, 1.807) is 0 Å². The maximum atomic E-state index is 11.8. The van der Waals surface area contributed by atoms with Crippen LogP contribution in [0.3, 0.4) is 0 Å². The summed E-state index contributed by atoms with van der Waals surface area (Å²) in [4.78, 5) is 13.6. The van der Waals surface area contributed by atoms with Gasteiger partial charge in [-0.25, -0.2) is 0 Å². The second-order valence-corrected chi connectivity index (χ2v) is 3.59. The van der Waals surface area contributed by atoms with Crippen molar-refractivity contribution in [3.8, 4) is 0 Å². The summed E-state index contributed by atoms with van der Waals surface area (Å²) < 4.78 is 5.39. The largest absolute Gasteiger partial charge is 0.369 e. The molecule has 0 aromatic carbocycles. The summed E-state index contributed by atoms with van der Waals surface area (Å²) >= 11 is 0. The first-order valence-corrected chi connectivity index (χ1v) is 5.36. The van der Waals surface area contributed by atoms with E-state index in [0.29, 0.717) is 6.61 Å². The molecule has 0 saturated carbocycles. The van der Waals surface area contributed by atoms with Gasteiger partial charge in [0, 0.05) is 32.8 Å². The average molecular weight is 200 g/mol. The van der Waals surface area contributed by atoms with Crippen molar-refractivity contribution in [1.29, 1.82) is 0 Å². The molecule has 4 heteroatoms. The molecule has 1 aliphatic heterocycles. The molecule has 0 spiro atoms. The lowest BCUT2D eigenvalue weighted by molar-refractivity contribution is -0.143. The van der Waals surface area contributed by atoms with Crippen LogP contribution >= 0.6 is 0 Å². The molecule has 82 valence electrons. The van der Waals surface area contributed by atoms with E-state index in [0.717, 1.165) is 32.6 Å². The summed E-state index contributed by atoms with van der Waals surface area (Å²) in [5.74, 6) is 0.125. The summed E-state index contributed by atoms with van der Waals surface area (Å²) in [6, 6.07) is 0. The first-order chi connectivity index (χ1) is 6.75. The number of nitrogens with zero attached hydrogens (tertiary/aromatic N) is 1. The van der Waals surface area contributed by atoms with Gasteiger partial charge in [0.15, 0.2) is 0 Å². The predicted molar refractivity (Wildman–Crippen MR) is 55.2 cm³/mol. The van der Waals surface area contributed by atoms with Crippen LogP contribution < -0.4 is 5.32 Å². The third-order valence-corrected chi connectivity index (χ3v) is 2.35. The van der Waals surface area contributed by atoms with Crippen molar-refractivity contribution in [3.63, 3.8) is 0 Å². The van der Waals surface area contributed by atoms with E-state index >= 15 is 0 Å². The summed E-state index contributed by atoms with van der Waals surface area (Å²) in [6.45, 7) is 7.94. The predicted octanol–water partition coefficient (Wildman–Crippen LogP) is 0.233. The van der Waals surface area contributed by atoms with Gasteiger partial charge in [0.2, 0.25) is 0 Å². The van der Waals surface area contributed by atoms with E-state index in [1.807, 2.05) is 18.7 Å². The van der Waals surface area contributed by atoms with Crippen LogP contribution in [0, 0.1) is 0 Å². The molecule has 14 heavy (non-hydrogen) atoms. The molecule has 0 bridgehead atoms. The fourth-order valence-corrected chi connectivity index (χ4v) is 1.51. The fraction of sp³-hybridized carbons (Fsp3) is 0.900.